The van der Waals surface area contributed by atoms with E-state index in [1.807, 2.05) is 0 Å². The van der Waals surface area contributed by atoms with Crippen LogP contribution in [0.3, 0.4) is 0 Å². The highest BCUT2D eigenvalue weighted by atomic mass is 79.9. The van der Waals surface area contributed by atoms with Gasteiger partial charge in [-0.25, -0.2) is 17.9 Å². The standard InChI is InChI=1S/C12H15BrN2O4S/c13-10-2-1-8(12(16)17)7-11(10)20(18,19)15-9-3-5-14-6-4-9/h1-2,7,9,14-15H,3-6H2,(H,16,17). The van der Waals surface area contributed by atoms with E-state index in [0.29, 0.717) is 4.47 Å². The average molecular weight is 363 g/mol. The molecule has 1 aliphatic heterocycles. The first kappa shape index (κ1) is 15.4. The number of benzene rings is 1. The molecule has 3 N–H and O–H groups in total. The molecule has 1 aromatic rings. The molecule has 0 atom stereocenters. The van der Waals surface area contributed by atoms with E-state index in [1.54, 1.807) is 0 Å². The van der Waals surface area contributed by atoms with Gasteiger partial charge in [0, 0.05) is 10.5 Å². The van der Waals surface area contributed by atoms with Gasteiger partial charge in [-0.2, -0.15) is 0 Å². The van der Waals surface area contributed by atoms with Crippen LogP contribution in [-0.4, -0.2) is 38.6 Å². The second kappa shape index (κ2) is 6.21. The Hall–Kier alpha value is -0.960. The fourth-order valence-electron chi connectivity index (χ4n) is 2.07. The van der Waals surface area contributed by atoms with Gasteiger partial charge in [-0.3, -0.25) is 0 Å². The van der Waals surface area contributed by atoms with Gasteiger partial charge in [0.15, 0.2) is 0 Å². The molecule has 0 aliphatic carbocycles. The van der Waals surface area contributed by atoms with Crippen molar-refractivity contribution < 1.29 is 18.3 Å². The first-order valence-corrected chi connectivity index (χ1v) is 8.43. The molecule has 0 spiro atoms. The van der Waals surface area contributed by atoms with Crippen LogP contribution >= 0.6 is 15.9 Å². The van der Waals surface area contributed by atoms with Crippen LogP contribution in [0.2, 0.25) is 0 Å². The van der Waals surface area contributed by atoms with E-state index in [1.165, 1.54) is 12.1 Å². The van der Waals surface area contributed by atoms with Crippen LogP contribution in [-0.2, 0) is 10.0 Å². The number of sulfonamides is 1. The van der Waals surface area contributed by atoms with Gasteiger partial charge in [0.05, 0.1) is 10.5 Å². The van der Waals surface area contributed by atoms with Gasteiger partial charge in [0.1, 0.15) is 0 Å². The largest absolute Gasteiger partial charge is 0.478 e. The summed E-state index contributed by atoms with van der Waals surface area (Å²) in [5.74, 6) is -1.16. The molecule has 1 aromatic carbocycles. The Morgan fingerprint density at radius 2 is 2.00 bits per heavy atom. The molecule has 8 heteroatoms. The van der Waals surface area contributed by atoms with Crippen molar-refractivity contribution in [1.82, 2.24) is 10.0 Å². The van der Waals surface area contributed by atoms with Crippen molar-refractivity contribution in [3.63, 3.8) is 0 Å². The molecule has 0 aromatic heterocycles. The van der Waals surface area contributed by atoms with Crippen LogP contribution in [0.5, 0.6) is 0 Å². The van der Waals surface area contributed by atoms with E-state index in [0.717, 1.165) is 32.0 Å². The molecule has 6 nitrogen and oxygen atoms in total. The summed E-state index contributed by atoms with van der Waals surface area (Å²) >= 11 is 3.16. The van der Waals surface area contributed by atoms with Crippen LogP contribution < -0.4 is 10.0 Å². The number of piperidine rings is 1. The van der Waals surface area contributed by atoms with Gasteiger partial charge in [0.2, 0.25) is 10.0 Å². The Morgan fingerprint density at radius 1 is 1.35 bits per heavy atom. The highest BCUT2D eigenvalue weighted by Gasteiger charge is 2.24. The lowest BCUT2D eigenvalue weighted by Gasteiger charge is -2.23. The first-order chi connectivity index (χ1) is 9.40. The number of hydrogen-bond donors (Lipinski definition) is 3. The molecule has 1 fully saturated rings. The number of carbonyl (C=O) groups is 1. The fourth-order valence-corrected chi connectivity index (χ4v) is 4.36. The van der Waals surface area contributed by atoms with Crippen LogP contribution in [0.4, 0.5) is 0 Å². The van der Waals surface area contributed by atoms with E-state index in [4.69, 9.17) is 5.11 Å². The smallest absolute Gasteiger partial charge is 0.335 e. The van der Waals surface area contributed by atoms with Gasteiger partial charge < -0.3 is 10.4 Å². The SMILES string of the molecule is O=C(O)c1ccc(Br)c(S(=O)(=O)NC2CCNCC2)c1. The molecule has 1 heterocycles. The highest BCUT2D eigenvalue weighted by Crippen LogP contribution is 2.24. The highest BCUT2D eigenvalue weighted by molar-refractivity contribution is 9.10. The molecule has 0 saturated carbocycles. The Balaban J connectivity index is 2.28. The lowest BCUT2D eigenvalue weighted by Crippen LogP contribution is -2.42. The van der Waals surface area contributed by atoms with Crippen molar-refractivity contribution >= 4 is 31.9 Å². The predicted octanol–water partition coefficient (Wildman–Crippen LogP) is 1.18. The average Bonchev–Trinajstić information content (AvgIpc) is 2.39. The Labute approximate surface area is 125 Å². The number of carboxylic acid groups (broad SMARTS) is 1. The zero-order valence-electron chi connectivity index (χ0n) is 10.6. The third-order valence-electron chi connectivity index (χ3n) is 3.13. The minimum absolute atomic E-state index is 0.0454. The minimum atomic E-state index is -3.73. The second-order valence-corrected chi connectivity index (χ2v) is 7.13. The summed E-state index contributed by atoms with van der Waals surface area (Å²) in [7, 11) is -3.73. The fraction of sp³-hybridized carbons (Fsp3) is 0.417. The molecule has 20 heavy (non-hydrogen) atoms. The Morgan fingerprint density at radius 3 is 2.60 bits per heavy atom. The van der Waals surface area contributed by atoms with Crippen LogP contribution in [0.15, 0.2) is 27.6 Å². The van der Waals surface area contributed by atoms with Crippen LogP contribution in [0, 0.1) is 0 Å². The molecule has 2 rings (SSSR count). The normalized spacial score (nSPS) is 17.1. The van der Waals surface area contributed by atoms with Gasteiger partial charge in [0.25, 0.3) is 0 Å². The van der Waals surface area contributed by atoms with Crippen molar-refractivity contribution in [2.45, 2.75) is 23.8 Å². The molecule has 0 unspecified atom stereocenters. The molecular formula is C12H15BrN2O4S. The van der Waals surface area contributed by atoms with Crippen molar-refractivity contribution in [2.75, 3.05) is 13.1 Å². The van der Waals surface area contributed by atoms with Crippen molar-refractivity contribution in [2.24, 2.45) is 0 Å². The molecule has 110 valence electrons. The molecule has 0 amide bonds. The van der Waals surface area contributed by atoms with Gasteiger partial charge >= 0.3 is 5.97 Å². The Bertz CT molecular complexity index is 612. The summed E-state index contributed by atoms with van der Waals surface area (Å²) in [6.07, 6.45) is 1.44. The van der Waals surface area contributed by atoms with E-state index < -0.39 is 16.0 Å². The summed E-state index contributed by atoms with van der Waals surface area (Å²) in [6, 6.07) is 3.83. The zero-order valence-corrected chi connectivity index (χ0v) is 13.0. The molecule has 1 saturated heterocycles. The quantitative estimate of drug-likeness (QED) is 0.747. The number of aromatic carboxylic acids is 1. The second-order valence-electron chi connectivity index (χ2n) is 4.60. The maximum Gasteiger partial charge on any atom is 0.335 e. The monoisotopic (exact) mass is 362 g/mol. The number of nitrogens with one attached hydrogen (secondary N) is 2. The molecule has 1 aliphatic rings. The summed E-state index contributed by atoms with van der Waals surface area (Å²) in [5.41, 5.74) is -0.0566. The van der Waals surface area contributed by atoms with Gasteiger partial charge in [-0.1, -0.05) is 0 Å². The third kappa shape index (κ3) is 3.57. The van der Waals surface area contributed by atoms with Crippen LogP contribution in [0.1, 0.15) is 23.2 Å². The Kier molecular flexibility index (Phi) is 4.79. The topological polar surface area (TPSA) is 95.5 Å². The maximum atomic E-state index is 12.3. The number of rotatable bonds is 4. The zero-order chi connectivity index (χ0) is 14.8. The molecule has 0 bridgehead atoms. The van der Waals surface area contributed by atoms with Crippen LogP contribution in [0.25, 0.3) is 0 Å². The van der Waals surface area contributed by atoms with E-state index in [9.17, 15) is 13.2 Å². The van der Waals surface area contributed by atoms with Crippen molar-refractivity contribution in [3.8, 4) is 0 Å². The summed E-state index contributed by atoms with van der Waals surface area (Å²) in [4.78, 5) is 10.9. The van der Waals surface area contributed by atoms with E-state index in [-0.39, 0.29) is 16.5 Å². The van der Waals surface area contributed by atoms with Crippen molar-refractivity contribution in [3.05, 3.63) is 28.2 Å². The lowest BCUT2D eigenvalue weighted by atomic mass is 10.1. The maximum absolute atomic E-state index is 12.3. The van der Waals surface area contributed by atoms with E-state index >= 15 is 0 Å². The number of carboxylic acids is 1. The number of hydrogen-bond acceptors (Lipinski definition) is 4. The lowest BCUT2D eigenvalue weighted by molar-refractivity contribution is 0.0696. The van der Waals surface area contributed by atoms with Gasteiger partial charge in [-0.15, -0.1) is 0 Å². The van der Waals surface area contributed by atoms with Crippen molar-refractivity contribution in [1.29, 1.82) is 0 Å². The molecule has 0 radical (unpaired) electrons. The summed E-state index contributed by atoms with van der Waals surface area (Å²) in [6.45, 7) is 1.53. The third-order valence-corrected chi connectivity index (χ3v) is 5.64. The summed E-state index contributed by atoms with van der Waals surface area (Å²) < 4.78 is 27.7. The van der Waals surface area contributed by atoms with Gasteiger partial charge in [-0.05, 0) is 60.1 Å². The molecular weight excluding hydrogens is 348 g/mol. The van der Waals surface area contributed by atoms with E-state index in [2.05, 4.69) is 26.0 Å². The minimum Gasteiger partial charge on any atom is -0.478 e. The summed E-state index contributed by atoms with van der Waals surface area (Å²) in [5, 5.41) is 12.1. The first-order valence-electron chi connectivity index (χ1n) is 6.16. The number of halogens is 1. The predicted molar refractivity (Wildman–Crippen MR) is 77.3 cm³/mol.